The van der Waals surface area contributed by atoms with Gasteiger partial charge in [-0.25, -0.2) is 9.59 Å². The third-order valence-corrected chi connectivity index (χ3v) is 10.4. The lowest BCUT2D eigenvalue weighted by molar-refractivity contribution is -0.138. The molecule has 0 radical (unpaired) electrons. The molecule has 1 aliphatic carbocycles. The maximum absolute atomic E-state index is 12.4. The van der Waals surface area contributed by atoms with Crippen molar-refractivity contribution in [3.8, 4) is 0 Å². The Labute approximate surface area is 147 Å². The Morgan fingerprint density at radius 3 is 1.67 bits per heavy atom. The molecule has 0 aromatic rings. The fourth-order valence-corrected chi connectivity index (χ4v) is 7.96. The maximum Gasteiger partial charge on any atom is 0.474 e. The van der Waals surface area contributed by atoms with E-state index in [0.29, 0.717) is 11.1 Å². The Morgan fingerprint density at radius 2 is 1.38 bits per heavy atom. The first kappa shape index (κ1) is 20.7. The third kappa shape index (κ3) is 3.99. The zero-order valence-corrected chi connectivity index (χ0v) is 17.0. The minimum atomic E-state index is -3.23. The molecule has 1 aliphatic rings. The van der Waals surface area contributed by atoms with E-state index in [9.17, 15) is 9.59 Å². The second-order valence-corrected chi connectivity index (χ2v) is 11.7. The summed E-state index contributed by atoms with van der Waals surface area (Å²) < 4.78 is 12.1. The normalized spacial score (nSPS) is 16.1. The summed E-state index contributed by atoms with van der Waals surface area (Å²) in [7, 11) is -3.23. The van der Waals surface area contributed by atoms with E-state index in [0.717, 1.165) is 25.7 Å². The van der Waals surface area contributed by atoms with Crippen LogP contribution in [0.15, 0.2) is 24.3 Å². The molecule has 0 aromatic heterocycles. The number of carbonyl (C=O) groups excluding carboxylic acids is 2. The van der Waals surface area contributed by atoms with E-state index in [1.165, 1.54) is 0 Å². The van der Waals surface area contributed by atoms with Gasteiger partial charge in [0.05, 0.1) is 0 Å². The Hall–Kier alpha value is -1.36. The maximum atomic E-state index is 12.4. The first-order valence-corrected chi connectivity index (χ1v) is 10.6. The highest BCUT2D eigenvalue weighted by Crippen LogP contribution is 2.55. The highest BCUT2D eigenvalue weighted by atomic mass is 28.4. The van der Waals surface area contributed by atoms with Crippen LogP contribution in [0.25, 0.3) is 0 Å². The van der Waals surface area contributed by atoms with Crippen LogP contribution in [0.5, 0.6) is 0 Å². The van der Waals surface area contributed by atoms with Gasteiger partial charge in [-0.3, -0.25) is 0 Å². The van der Waals surface area contributed by atoms with Crippen LogP contribution in [0.4, 0.5) is 0 Å². The SMILES string of the molecule is C=C(C)C(=O)O[Si](OC(=O)C(=C)C)(C1CCCC1)C(C)(C)C(C)C. The van der Waals surface area contributed by atoms with Crippen molar-refractivity contribution in [3.05, 3.63) is 24.3 Å². The van der Waals surface area contributed by atoms with Crippen LogP contribution in [-0.2, 0) is 18.4 Å². The van der Waals surface area contributed by atoms with Crippen LogP contribution in [0.2, 0.25) is 10.6 Å². The Kier molecular flexibility index (Phi) is 6.62. The molecule has 24 heavy (non-hydrogen) atoms. The van der Waals surface area contributed by atoms with Crippen molar-refractivity contribution >= 4 is 20.5 Å². The van der Waals surface area contributed by atoms with Gasteiger partial charge in [-0.05, 0) is 32.6 Å². The molecular formula is C19H32O4Si. The van der Waals surface area contributed by atoms with Gasteiger partial charge in [-0.2, -0.15) is 0 Å². The molecule has 1 fully saturated rings. The van der Waals surface area contributed by atoms with Crippen LogP contribution in [0.1, 0.15) is 67.2 Å². The quantitative estimate of drug-likeness (QED) is 0.475. The molecule has 0 saturated heterocycles. The van der Waals surface area contributed by atoms with Crippen molar-refractivity contribution in [1.29, 1.82) is 0 Å². The van der Waals surface area contributed by atoms with E-state index in [2.05, 4.69) is 40.9 Å². The fraction of sp³-hybridized carbons (Fsp3) is 0.684. The summed E-state index contributed by atoms with van der Waals surface area (Å²) >= 11 is 0. The van der Waals surface area contributed by atoms with Crippen molar-refractivity contribution in [2.45, 2.75) is 77.8 Å². The van der Waals surface area contributed by atoms with Crippen molar-refractivity contribution in [3.63, 3.8) is 0 Å². The van der Waals surface area contributed by atoms with Gasteiger partial charge in [-0.1, -0.05) is 53.7 Å². The minimum Gasteiger partial charge on any atom is -0.481 e. The number of hydrogen-bond acceptors (Lipinski definition) is 4. The van der Waals surface area contributed by atoms with E-state index in [1.54, 1.807) is 13.8 Å². The Bertz CT molecular complexity index is 499. The summed E-state index contributed by atoms with van der Waals surface area (Å²) in [5.74, 6) is -0.728. The lowest BCUT2D eigenvalue weighted by atomic mass is 9.99. The van der Waals surface area contributed by atoms with Gasteiger partial charge in [0.2, 0.25) is 0 Å². The average Bonchev–Trinajstić information content (AvgIpc) is 2.99. The second-order valence-electron chi connectivity index (χ2n) is 7.86. The smallest absolute Gasteiger partial charge is 0.474 e. The summed E-state index contributed by atoms with van der Waals surface area (Å²) in [6.45, 7) is 18.9. The van der Waals surface area contributed by atoms with Crippen LogP contribution in [-0.4, -0.2) is 20.5 Å². The number of hydrogen-bond donors (Lipinski definition) is 0. The molecular weight excluding hydrogens is 320 g/mol. The molecule has 0 atom stereocenters. The van der Waals surface area contributed by atoms with Crippen molar-refractivity contribution < 1.29 is 18.4 Å². The van der Waals surface area contributed by atoms with Crippen molar-refractivity contribution in [1.82, 2.24) is 0 Å². The monoisotopic (exact) mass is 352 g/mol. The first-order chi connectivity index (χ1) is 11.0. The zero-order valence-electron chi connectivity index (χ0n) is 16.0. The van der Waals surface area contributed by atoms with Gasteiger partial charge < -0.3 is 8.85 Å². The summed E-state index contributed by atoms with van der Waals surface area (Å²) in [5.41, 5.74) is 0.771. The predicted octanol–water partition coefficient (Wildman–Crippen LogP) is 5.05. The van der Waals surface area contributed by atoms with Gasteiger partial charge in [0.1, 0.15) is 0 Å². The zero-order chi connectivity index (χ0) is 18.7. The largest absolute Gasteiger partial charge is 0.481 e. The van der Waals surface area contributed by atoms with Gasteiger partial charge in [-0.15, -0.1) is 0 Å². The molecule has 5 heteroatoms. The predicted molar refractivity (Wildman–Crippen MR) is 98.7 cm³/mol. The fourth-order valence-electron chi connectivity index (χ4n) is 3.13. The average molecular weight is 353 g/mol. The van der Waals surface area contributed by atoms with Crippen molar-refractivity contribution in [2.75, 3.05) is 0 Å². The van der Waals surface area contributed by atoms with Crippen LogP contribution >= 0.6 is 0 Å². The molecule has 0 unspecified atom stereocenters. The number of carbonyl (C=O) groups is 2. The minimum absolute atomic E-state index is 0.112. The molecule has 0 N–H and O–H groups in total. The molecule has 0 heterocycles. The highest BCUT2D eigenvalue weighted by molar-refractivity contribution is 6.75. The number of rotatable bonds is 7. The summed E-state index contributed by atoms with van der Waals surface area (Å²) in [6, 6.07) is 0. The van der Waals surface area contributed by atoms with Crippen LogP contribution in [0, 0.1) is 5.92 Å². The topological polar surface area (TPSA) is 52.6 Å². The third-order valence-electron chi connectivity index (χ3n) is 5.42. The Balaban J connectivity index is 3.45. The highest BCUT2D eigenvalue weighted by Gasteiger charge is 2.64. The van der Waals surface area contributed by atoms with E-state index >= 15 is 0 Å². The molecule has 0 spiro atoms. The summed E-state index contributed by atoms with van der Waals surface area (Å²) in [4.78, 5) is 24.9. The van der Waals surface area contributed by atoms with Gasteiger partial charge in [0.15, 0.2) is 0 Å². The van der Waals surface area contributed by atoms with Gasteiger partial charge in [0, 0.05) is 21.7 Å². The first-order valence-electron chi connectivity index (χ1n) is 8.73. The molecule has 4 nitrogen and oxygen atoms in total. The summed E-state index contributed by atoms with van der Waals surface area (Å²) in [6.07, 6.45) is 4.00. The second kappa shape index (κ2) is 7.68. The van der Waals surface area contributed by atoms with E-state index < -0.39 is 25.5 Å². The molecule has 0 bridgehead atoms. The molecule has 1 saturated carbocycles. The molecule has 0 aromatic carbocycles. The Morgan fingerprint density at radius 1 is 1.00 bits per heavy atom. The molecule has 1 rings (SSSR count). The molecule has 136 valence electrons. The van der Waals surface area contributed by atoms with Crippen LogP contribution in [0.3, 0.4) is 0 Å². The molecule has 0 amide bonds. The van der Waals surface area contributed by atoms with Gasteiger partial charge in [0.25, 0.3) is 0 Å². The van der Waals surface area contributed by atoms with Crippen molar-refractivity contribution in [2.24, 2.45) is 5.92 Å². The van der Waals surface area contributed by atoms with Crippen LogP contribution < -0.4 is 0 Å². The molecule has 0 aliphatic heterocycles. The lowest BCUT2D eigenvalue weighted by Crippen LogP contribution is -2.58. The standard InChI is InChI=1S/C19H32O4Si/c1-13(2)17(20)22-24(16-11-9-10-12-16,19(7,8)15(5)6)23-18(21)14(3)4/h15-16H,1,3,9-12H2,2,4-8H3. The van der Waals surface area contributed by atoms with Gasteiger partial charge >= 0.3 is 20.5 Å². The van der Waals surface area contributed by atoms with E-state index in [4.69, 9.17) is 8.85 Å². The van der Waals surface area contributed by atoms with E-state index in [-0.39, 0.29) is 11.5 Å². The summed E-state index contributed by atoms with van der Waals surface area (Å²) in [5, 5.41) is -0.418. The lowest BCUT2D eigenvalue weighted by Gasteiger charge is -2.47. The van der Waals surface area contributed by atoms with E-state index in [1.807, 2.05) is 0 Å².